The largest absolute Gasteiger partial charge is 0.272 e. The molecule has 15 heavy (non-hydrogen) atoms. The van der Waals surface area contributed by atoms with Crippen molar-refractivity contribution in [1.29, 1.82) is 0 Å². The zero-order valence-electron chi connectivity index (χ0n) is 8.46. The number of aromatic nitrogens is 2. The first-order valence-corrected chi connectivity index (χ1v) is 4.92. The number of nitrogens with zero attached hydrogens (tertiary/aromatic N) is 2. The zero-order chi connectivity index (χ0) is 11.0. The van der Waals surface area contributed by atoms with Gasteiger partial charge in [-0.15, -0.1) is 0 Å². The molecule has 2 aromatic rings. The van der Waals surface area contributed by atoms with Crippen molar-refractivity contribution in [3.63, 3.8) is 0 Å². The van der Waals surface area contributed by atoms with Crippen molar-refractivity contribution in [2.75, 3.05) is 0 Å². The maximum Gasteiger partial charge on any atom is 0.134 e. The van der Waals surface area contributed by atoms with E-state index in [4.69, 9.17) is 11.6 Å². The molecule has 2 rings (SSSR count). The summed E-state index contributed by atoms with van der Waals surface area (Å²) in [5, 5.41) is 4.58. The zero-order valence-corrected chi connectivity index (χ0v) is 9.22. The summed E-state index contributed by atoms with van der Waals surface area (Å²) in [4.78, 5) is 0. The summed E-state index contributed by atoms with van der Waals surface area (Å²) in [5.74, 6) is -0.347. The molecule has 0 N–H and O–H groups in total. The van der Waals surface area contributed by atoms with Crippen molar-refractivity contribution in [3.8, 4) is 11.3 Å². The van der Waals surface area contributed by atoms with E-state index in [2.05, 4.69) is 5.10 Å². The average Bonchev–Trinajstić information content (AvgIpc) is 2.46. The summed E-state index contributed by atoms with van der Waals surface area (Å²) < 4.78 is 15.2. The van der Waals surface area contributed by atoms with Gasteiger partial charge >= 0.3 is 0 Å². The lowest BCUT2D eigenvalue weighted by atomic mass is 10.1. The van der Waals surface area contributed by atoms with Crippen LogP contribution in [0.25, 0.3) is 11.3 Å². The molecule has 0 saturated carbocycles. The number of halogens is 2. The number of hydrogen-bond acceptors (Lipinski definition) is 1. The van der Waals surface area contributed by atoms with Gasteiger partial charge in [-0.3, -0.25) is 4.68 Å². The van der Waals surface area contributed by atoms with Crippen molar-refractivity contribution in [1.82, 2.24) is 9.78 Å². The van der Waals surface area contributed by atoms with Gasteiger partial charge in [0, 0.05) is 12.7 Å². The highest BCUT2D eigenvalue weighted by Gasteiger charge is 2.12. The Balaban J connectivity index is 2.63. The predicted octanol–water partition coefficient (Wildman–Crippen LogP) is 3.19. The van der Waals surface area contributed by atoms with E-state index < -0.39 is 0 Å². The van der Waals surface area contributed by atoms with Crippen LogP contribution in [0.5, 0.6) is 0 Å². The van der Waals surface area contributed by atoms with Crippen LogP contribution >= 0.6 is 11.6 Å². The van der Waals surface area contributed by atoms with Gasteiger partial charge in [0.2, 0.25) is 0 Å². The SMILES string of the molecule is Cc1cc(-c2c(F)cccc2Cl)nn1C. The van der Waals surface area contributed by atoms with E-state index in [1.165, 1.54) is 6.07 Å². The minimum Gasteiger partial charge on any atom is -0.272 e. The standard InChI is InChI=1S/C11H10ClFN2/c1-7-6-10(14-15(7)2)11-8(12)4-3-5-9(11)13/h3-6H,1-2H3. The van der Waals surface area contributed by atoms with Gasteiger partial charge in [-0.05, 0) is 25.1 Å². The normalized spacial score (nSPS) is 10.7. The molecule has 0 radical (unpaired) electrons. The van der Waals surface area contributed by atoms with Crippen LogP contribution in [0.3, 0.4) is 0 Å². The summed E-state index contributed by atoms with van der Waals surface area (Å²) in [6.45, 7) is 1.91. The fraction of sp³-hybridized carbons (Fsp3) is 0.182. The smallest absolute Gasteiger partial charge is 0.134 e. The fourth-order valence-electron chi connectivity index (χ4n) is 1.43. The molecule has 4 heteroatoms. The molecule has 1 aromatic heterocycles. The first-order chi connectivity index (χ1) is 7.09. The van der Waals surface area contributed by atoms with Crippen LogP contribution < -0.4 is 0 Å². The van der Waals surface area contributed by atoms with E-state index in [1.54, 1.807) is 16.8 Å². The summed E-state index contributed by atoms with van der Waals surface area (Å²) in [6.07, 6.45) is 0. The molecule has 0 amide bonds. The molecule has 0 aliphatic rings. The van der Waals surface area contributed by atoms with Crippen LogP contribution in [0.2, 0.25) is 5.02 Å². The highest BCUT2D eigenvalue weighted by molar-refractivity contribution is 6.33. The average molecular weight is 225 g/mol. The number of aryl methyl sites for hydroxylation is 2. The van der Waals surface area contributed by atoms with Crippen LogP contribution in [0.4, 0.5) is 4.39 Å². The van der Waals surface area contributed by atoms with E-state index in [9.17, 15) is 4.39 Å². The second-order valence-electron chi connectivity index (χ2n) is 3.39. The van der Waals surface area contributed by atoms with E-state index in [0.29, 0.717) is 16.3 Å². The summed E-state index contributed by atoms with van der Waals surface area (Å²) in [6, 6.07) is 6.43. The molecule has 78 valence electrons. The quantitative estimate of drug-likeness (QED) is 0.728. The van der Waals surface area contributed by atoms with Crippen molar-refractivity contribution < 1.29 is 4.39 Å². The van der Waals surface area contributed by atoms with E-state index in [0.717, 1.165) is 5.69 Å². The maximum absolute atomic E-state index is 13.5. The lowest BCUT2D eigenvalue weighted by Gasteiger charge is -2.01. The van der Waals surface area contributed by atoms with Crippen LogP contribution in [-0.4, -0.2) is 9.78 Å². The van der Waals surface area contributed by atoms with Crippen molar-refractivity contribution in [3.05, 3.63) is 40.8 Å². The van der Waals surface area contributed by atoms with Crippen LogP contribution in [0.15, 0.2) is 24.3 Å². The molecular weight excluding hydrogens is 215 g/mol. The van der Waals surface area contributed by atoms with Crippen LogP contribution in [-0.2, 0) is 7.05 Å². The van der Waals surface area contributed by atoms with E-state index in [-0.39, 0.29) is 5.82 Å². The topological polar surface area (TPSA) is 17.8 Å². The Hall–Kier alpha value is -1.35. The Morgan fingerprint density at radius 1 is 1.40 bits per heavy atom. The van der Waals surface area contributed by atoms with Gasteiger partial charge in [0.25, 0.3) is 0 Å². The van der Waals surface area contributed by atoms with Gasteiger partial charge in [0.15, 0.2) is 0 Å². The highest BCUT2D eigenvalue weighted by Crippen LogP contribution is 2.29. The Morgan fingerprint density at radius 2 is 2.13 bits per heavy atom. The molecule has 0 fully saturated rings. The summed E-state index contributed by atoms with van der Waals surface area (Å²) in [5.41, 5.74) is 1.89. The molecule has 0 saturated heterocycles. The molecule has 0 unspecified atom stereocenters. The summed E-state index contributed by atoms with van der Waals surface area (Å²) in [7, 11) is 1.81. The molecule has 0 spiro atoms. The minimum atomic E-state index is -0.347. The van der Waals surface area contributed by atoms with Gasteiger partial charge in [-0.25, -0.2) is 4.39 Å². The Labute approximate surface area is 92.3 Å². The third-order valence-electron chi connectivity index (χ3n) is 2.33. The van der Waals surface area contributed by atoms with Gasteiger partial charge in [-0.1, -0.05) is 17.7 Å². The van der Waals surface area contributed by atoms with E-state index in [1.807, 2.05) is 20.0 Å². The second kappa shape index (κ2) is 3.66. The minimum absolute atomic E-state index is 0.347. The fourth-order valence-corrected chi connectivity index (χ4v) is 1.69. The van der Waals surface area contributed by atoms with Crippen LogP contribution in [0.1, 0.15) is 5.69 Å². The van der Waals surface area contributed by atoms with Gasteiger partial charge < -0.3 is 0 Å². The van der Waals surface area contributed by atoms with Crippen molar-refractivity contribution >= 4 is 11.6 Å². The lowest BCUT2D eigenvalue weighted by molar-refractivity contribution is 0.630. The summed E-state index contributed by atoms with van der Waals surface area (Å²) >= 11 is 5.94. The van der Waals surface area contributed by atoms with Crippen molar-refractivity contribution in [2.24, 2.45) is 7.05 Å². The molecular formula is C11H10ClFN2. The number of benzene rings is 1. The third-order valence-corrected chi connectivity index (χ3v) is 2.65. The number of rotatable bonds is 1. The molecule has 1 aromatic carbocycles. The second-order valence-corrected chi connectivity index (χ2v) is 3.80. The van der Waals surface area contributed by atoms with Gasteiger partial charge in [-0.2, -0.15) is 5.10 Å². The van der Waals surface area contributed by atoms with Gasteiger partial charge in [0.1, 0.15) is 5.82 Å². The first-order valence-electron chi connectivity index (χ1n) is 4.54. The van der Waals surface area contributed by atoms with E-state index >= 15 is 0 Å². The molecule has 2 nitrogen and oxygen atoms in total. The Morgan fingerprint density at radius 3 is 2.67 bits per heavy atom. The maximum atomic E-state index is 13.5. The molecule has 0 aliphatic heterocycles. The molecule has 0 aliphatic carbocycles. The first kappa shape index (κ1) is 10.2. The van der Waals surface area contributed by atoms with Gasteiger partial charge in [0.05, 0.1) is 16.3 Å². The molecule has 1 heterocycles. The number of hydrogen-bond donors (Lipinski definition) is 0. The molecule has 0 atom stereocenters. The van der Waals surface area contributed by atoms with Crippen molar-refractivity contribution in [2.45, 2.75) is 6.92 Å². The molecule has 0 bridgehead atoms. The Bertz CT molecular complexity index is 466. The monoisotopic (exact) mass is 224 g/mol. The van der Waals surface area contributed by atoms with Crippen LogP contribution in [0, 0.1) is 12.7 Å². The lowest BCUT2D eigenvalue weighted by Crippen LogP contribution is -1.93. The predicted molar refractivity (Wildman–Crippen MR) is 58.3 cm³/mol. The third kappa shape index (κ3) is 1.75. The highest BCUT2D eigenvalue weighted by atomic mass is 35.5. The Kier molecular flexibility index (Phi) is 2.49.